The molecule has 1 saturated heterocycles. The van der Waals surface area contributed by atoms with E-state index in [2.05, 4.69) is 4.99 Å². The molecule has 0 N–H and O–H groups in total. The Balaban J connectivity index is 2.14. The van der Waals surface area contributed by atoms with Gasteiger partial charge in [0.05, 0.1) is 23.9 Å². The molecule has 1 aromatic carbocycles. The number of carbonyl (C=O) groups is 2. The third kappa shape index (κ3) is 2.96. The number of carbonyl (C=O) groups excluding carboxylic acids is 2. The van der Waals surface area contributed by atoms with Gasteiger partial charge in [0.1, 0.15) is 5.82 Å². The van der Waals surface area contributed by atoms with Gasteiger partial charge in [-0.2, -0.15) is 0 Å². The van der Waals surface area contributed by atoms with E-state index in [1.54, 1.807) is 26.0 Å². The van der Waals surface area contributed by atoms with E-state index in [-0.39, 0.29) is 18.3 Å². The van der Waals surface area contributed by atoms with Crippen molar-refractivity contribution in [2.24, 2.45) is 4.99 Å². The van der Waals surface area contributed by atoms with Gasteiger partial charge >= 0.3 is 5.97 Å². The Morgan fingerprint density at radius 2 is 2.12 bits per heavy atom. The summed E-state index contributed by atoms with van der Waals surface area (Å²) in [7, 11) is 0. The van der Waals surface area contributed by atoms with Crippen LogP contribution in [-0.2, 0) is 14.3 Å². The van der Waals surface area contributed by atoms with Gasteiger partial charge in [-0.1, -0.05) is 23.9 Å². The number of rotatable bonds is 3. The molecule has 3 rings (SSSR count). The van der Waals surface area contributed by atoms with Gasteiger partial charge in [-0.05, 0) is 31.5 Å². The first-order valence-electron chi connectivity index (χ1n) is 7.69. The number of hydrogen-bond acceptors (Lipinski definition) is 5. The van der Waals surface area contributed by atoms with Crippen LogP contribution >= 0.6 is 11.8 Å². The molecule has 5 nitrogen and oxygen atoms in total. The van der Waals surface area contributed by atoms with Gasteiger partial charge in [-0.15, -0.1) is 0 Å². The van der Waals surface area contributed by atoms with Crippen LogP contribution in [0.1, 0.15) is 31.9 Å². The van der Waals surface area contributed by atoms with Crippen molar-refractivity contribution < 1.29 is 18.7 Å². The number of amides is 1. The molecule has 1 amide bonds. The minimum atomic E-state index is -0.641. The number of benzene rings is 1. The number of allylic oxidation sites excluding steroid dienone is 1. The minimum absolute atomic E-state index is 0.101. The Morgan fingerprint density at radius 3 is 2.79 bits per heavy atom. The van der Waals surface area contributed by atoms with Crippen molar-refractivity contribution in [2.75, 3.05) is 12.4 Å². The molecule has 0 bridgehead atoms. The molecule has 1 aromatic rings. The number of amidine groups is 1. The van der Waals surface area contributed by atoms with E-state index in [4.69, 9.17) is 4.74 Å². The van der Waals surface area contributed by atoms with Gasteiger partial charge in [0.2, 0.25) is 5.91 Å². The van der Waals surface area contributed by atoms with Crippen molar-refractivity contribution in [3.63, 3.8) is 0 Å². The van der Waals surface area contributed by atoms with E-state index < -0.39 is 12.0 Å². The lowest BCUT2D eigenvalue weighted by molar-refractivity contribution is -0.139. The Hall–Kier alpha value is -2.15. The van der Waals surface area contributed by atoms with Gasteiger partial charge in [-0.25, -0.2) is 14.2 Å². The first-order chi connectivity index (χ1) is 11.5. The predicted molar refractivity (Wildman–Crippen MR) is 89.8 cm³/mol. The molecule has 126 valence electrons. The summed E-state index contributed by atoms with van der Waals surface area (Å²) in [5.74, 6) is -0.320. The van der Waals surface area contributed by atoms with E-state index in [1.807, 2.05) is 0 Å². The van der Waals surface area contributed by atoms with E-state index >= 15 is 0 Å². The standard InChI is InChI=1S/C17H17FN2O3S/c1-3-23-16(22)14-10(2)19-17-20(13(21)8-9-24-17)15(14)11-4-6-12(18)7-5-11/h4-7,15H,3,8-9H2,1-2H3/t15-/m1/s1. The lowest BCUT2D eigenvalue weighted by Crippen LogP contribution is -2.45. The van der Waals surface area contributed by atoms with Crippen LogP contribution in [0.4, 0.5) is 4.39 Å². The molecule has 0 aliphatic carbocycles. The smallest absolute Gasteiger partial charge is 0.338 e. The fourth-order valence-corrected chi connectivity index (χ4v) is 3.83. The van der Waals surface area contributed by atoms with Gasteiger partial charge in [0.25, 0.3) is 0 Å². The van der Waals surface area contributed by atoms with E-state index in [0.717, 1.165) is 0 Å². The van der Waals surface area contributed by atoms with Crippen LogP contribution in [-0.4, -0.2) is 34.3 Å². The molecule has 0 saturated carbocycles. The van der Waals surface area contributed by atoms with Gasteiger partial charge in [0, 0.05) is 12.2 Å². The molecular formula is C17H17FN2O3S. The Morgan fingerprint density at radius 1 is 1.42 bits per heavy atom. The lowest BCUT2D eigenvalue weighted by Gasteiger charge is -2.38. The Bertz CT molecular complexity index is 743. The summed E-state index contributed by atoms with van der Waals surface area (Å²) in [5.41, 5.74) is 1.50. The molecule has 7 heteroatoms. The Kier molecular flexibility index (Phi) is 4.71. The first-order valence-corrected chi connectivity index (χ1v) is 8.68. The summed E-state index contributed by atoms with van der Waals surface area (Å²) >= 11 is 1.48. The largest absolute Gasteiger partial charge is 0.463 e. The molecule has 2 heterocycles. The maximum atomic E-state index is 13.3. The van der Waals surface area contributed by atoms with Gasteiger partial charge in [-0.3, -0.25) is 9.69 Å². The maximum absolute atomic E-state index is 13.3. The topological polar surface area (TPSA) is 59.0 Å². The molecule has 1 atom stereocenters. The summed E-state index contributed by atoms with van der Waals surface area (Å²) in [5, 5.41) is 0.575. The van der Waals surface area contributed by atoms with Crippen molar-refractivity contribution in [3.05, 3.63) is 46.9 Å². The Labute approximate surface area is 143 Å². The average Bonchev–Trinajstić information content (AvgIpc) is 2.55. The third-order valence-corrected chi connectivity index (χ3v) is 4.84. The van der Waals surface area contributed by atoms with Crippen molar-refractivity contribution in [3.8, 4) is 0 Å². The number of fused-ring (bicyclic) bond motifs is 1. The van der Waals surface area contributed by atoms with Crippen molar-refractivity contribution in [1.29, 1.82) is 0 Å². The number of esters is 1. The van der Waals surface area contributed by atoms with Crippen LogP contribution in [0.2, 0.25) is 0 Å². The zero-order chi connectivity index (χ0) is 17.3. The molecule has 24 heavy (non-hydrogen) atoms. The molecule has 0 spiro atoms. The SMILES string of the molecule is CCOC(=O)C1=C(C)N=C2SCCC(=O)N2[C@@H]1c1ccc(F)cc1. The van der Waals surface area contributed by atoms with Gasteiger partial charge < -0.3 is 4.74 Å². The highest BCUT2D eigenvalue weighted by atomic mass is 32.2. The number of ether oxygens (including phenoxy) is 1. The number of hydrogen-bond donors (Lipinski definition) is 0. The molecule has 0 radical (unpaired) electrons. The van der Waals surface area contributed by atoms with E-state index in [1.165, 1.54) is 28.8 Å². The van der Waals surface area contributed by atoms with Crippen LogP contribution in [0.15, 0.2) is 40.5 Å². The summed E-state index contributed by atoms with van der Waals surface area (Å²) in [6.07, 6.45) is 0.372. The van der Waals surface area contributed by atoms with Crippen LogP contribution in [0, 0.1) is 5.82 Å². The number of thioether (sulfide) groups is 1. The monoisotopic (exact) mass is 348 g/mol. The first kappa shape index (κ1) is 16.7. The van der Waals surface area contributed by atoms with Crippen LogP contribution < -0.4 is 0 Å². The summed E-state index contributed by atoms with van der Waals surface area (Å²) in [6.45, 7) is 3.68. The van der Waals surface area contributed by atoms with Gasteiger partial charge in [0.15, 0.2) is 5.17 Å². The second-order valence-corrected chi connectivity index (χ2v) is 6.49. The van der Waals surface area contributed by atoms with Crippen LogP contribution in [0.25, 0.3) is 0 Å². The van der Waals surface area contributed by atoms with Crippen molar-refractivity contribution in [1.82, 2.24) is 4.90 Å². The summed E-state index contributed by atoms with van der Waals surface area (Å²) < 4.78 is 18.5. The normalized spacial score (nSPS) is 20.6. The molecule has 2 aliphatic rings. The maximum Gasteiger partial charge on any atom is 0.338 e. The fourth-order valence-electron chi connectivity index (χ4n) is 2.83. The average molecular weight is 348 g/mol. The number of aliphatic imine (C=N–C) groups is 1. The predicted octanol–water partition coefficient (Wildman–Crippen LogP) is 3.04. The number of nitrogens with zero attached hydrogens (tertiary/aromatic N) is 2. The quantitative estimate of drug-likeness (QED) is 0.788. The second-order valence-electron chi connectivity index (χ2n) is 5.43. The zero-order valence-electron chi connectivity index (χ0n) is 13.4. The zero-order valence-corrected chi connectivity index (χ0v) is 14.2. The molecule has 0 unspecified atom stereocenters. The lowest BCUT2D eigenvalue weighted by atomic mass is 9.94. The second kappa shape index (κ2) is 6.76. The van der Waals surface area contributed by atoms with Crippen LogP contribution in [0.5, 0.6) is 0 Å². The minimum Gasteiger partial charge on any atom is -0.463 e. The van der Waals surface area contributed by atoms with E-state index in [0.29, 0.717) is 34.2 Å². The highest BCUT2D eigenvalue weighted by molar-refractivity contribution is 8.14. The summed E-state index contributed by atoms with van der Waals surface area (Å²) in [6, 6.07) is 5.17. The van der Waals surface area contributed by atoms with Crippen molar-refractivity contribution in [2.45, 2.75) is 26.3 Å². The molecule has 0 aromatic heterocycles. The molecule has 1 fully saturated rings. The fraction of sp³-hybridized carbons (Fsp3) is 0.353. The summed E-state index contributed by atoms with van der Waals surface area (Å²) in [4.78, 5) is 30.9. The van der Waals surface area contributed by atoms with Crippen molar-refractivity contribution >= 4 is 28.8 Å². The third-order valence-electron chi connectivity index (χ3n) is 3.89. The highest BCUT2D eigenvalue weighted by Crippen LogP contribution is 2.40. The van der Waals surface area contributed by atoms with Crippen LogP contribution in [0.3, 0.4) is 0 Å². The van der Waals surface area contributed by atoms with E-state index in [9.17, 15) is 14.0 Å². The highest BCUT2D eigenvalue weighted by Gasteiger charge is 2.41. The molecule has 2 aliphatic heterocycles. The molecular weight excluding hydrogens is 331 g/mol. The number of halogens is 1.